The monoisotopic (exact) mass is 326 g/mol. The topological polar surface area (TPSA) is 20.2 Å². The molecular weight excluding hydrogens is 308 g/mol. The predicted octanol–water partition coefficient (Wildman–Crippen LogP) is 4.34. The molecule has 98 valence electrons. The molecule has 0 aliphatic heterocycles. The van der Waals surface area contributed by atoms with Crippen LogP contribution in [-0.2, 0) is 0 Å². The Bertz CT molecular complexity index is 405. The molecule has 2 saturated carbocycles. The highest BCUT2D eigenvalue weighted by molar-refractivity contribution is 9.10. The van der Waals surface area contributed by atoms with E-state index in [0.29, 0.717) is 5.92 Å². The Labute approximate surface area is 121 Å². The minimum absolute atomic E-state index is 0.117. The molecule has 0 radical (unpaired) electrons. The number of benzene rings is 1. The molecule has 2 aliphatic carbocycles. The molecule has 4 atom stereocenters. The fraction of sp³-hybridized carbons (Fsp3) is 0.600. The summed E-state index contributed by atoms with van der Waals surface area (Å²) in [6.07, 6.45) is 5.30. The van der Waals surface area contributed by atoms with Crippen molar-refractivity contribution in [1.29, 1.82) is 0 Å². The van der Waals surface area contributed by atoms with E-state index in [1.165, 1.54) is 30.6 Å². The Morgan fingerprint density at radius 2 is 2.00 bits per heavy atom. The van der Waals surface area contributed by atoms with Gasteiger partial charge in [-0.2, -0.15) is 0 Å². The van der Waals surface area contributed by atoms with Crippen LogP contribution in [0.2, 0.25) is 0 Å². The maximum absolute atomic E-state index is 10.4. The Hall–Kier alpha value is 0.01000. The van der Waals surface area contributed by atoms with Crippen LogP contribution in [-0.4, -0.2) is 17.0 Å². The zero-order valence-corrected chi connectivity index (χ0v) is 12.8. The van der Waals surface area contributed by atoms with Crippen LogP contribution in [0.4, 0.5) is 0 Å². The second kappa shape index (κ2) is 5.56. The van der Waals surface area contributed by atoms with Crippen molar-refractivity contribution in [1.82, 2.24) is 0 Å². The summed E-state index contributed by atoms with van der Waals surface area (Å²) in [4.78, 5) is 1.25. The molecule has 18 heavy (non-hydrogen) atoms. The lowest BCUT2D eigenvalue weighted by atomic mass is 9.85. The first-order chi connectivity index (χ1) is 8.72. The first kappa shape index (κ1) is 13.0. The van der Waals surface area contributed by atoms with E-state index < -0.39 is 0 Å². The highest BCUT2D eigenvalue weighted by Gasteiger charge is 2.42. The minimum atomic E-state index is -0.117. The molecule has 2 aliphatic rings. The summed E-state index contributed by atoms with van der Waals surface area (Å²) in [5.41, 5.74) is 0. The summed E-state index contributed by atoms with van der Waals surface area (Å²) in [6, 6.07) is 8.35. The average molecular weight is 327 g/mol. The van der Waals surface area contributed by atoms with E-state index in [1.807, 2.05) is 0 Å². The van der Waals surface area contributed by atoms with E-state index in [2.05, 4.69) is 40.2 Å². The van der Waals surface area contributed by atoms with E-state index in [1.54, 1.807) is 11.8 Å². The first-order valence-electron chi connectivity index (χ1n) is 6.79. The second-order valence-electron chi connectivity index (χ2n) is 5.67. The number of hydrogen-bond acceptors (Lipinski definition) is 2. The molecular formula is C15H19BrOS. The lowest BCUT2D eigenvalue weighted by Crippen LogP contribution is -2.27. The average Bonchev–Trinajstić information content (AvgIpc) is 3.00. The van der Waals surface area contributed by atoms with Crippen molar-refractivity contribution in [3.63, 3.8) is 0 Å². The molecule has 2 fully saturated rings. The lowest BCUT2D eigenvalue weighted by molar-refractivity contribution is 0.0944. The van der Waals surface area contributed by atoms with Crippen molar-refractivity contribution in [2.45, 2.75) is 36.7 Å². The van der Waals surface area contributed by atoms with Gasteiger partial charge in [0.1, 0.15) is 0 Å². The Morgan fingerprint density at radius 3 is 2.61 bits per heavy atom. The maximum Gasteiger partial charge on any atom is 0.0664 e. The van der Waals surface area contributed by atoms with E-state index >= 15 is 0 Å². The Morgan fingerprint density at radius 1 is 1.22 bits per heavy atom. The smallest absolute Gasteiger partial charge is 0.0664 e. The third kappa shape index (κ3) is 2.78. The molecule has 0 heterocycles. The zero-order valence-electron chi connectivity index (χ0n) is 10.4. The molecule has 2 bridgehead atoms. The van der Waals surface area contributed by atoms with E-state index in [0.717, 1.165) is 22.1 Å². The number of fused-ring (bicyclic) bond motifs is 2. The summed E-state index contributed by atoms with van der Waals surface area (Å²) < 4.78 is 1.11. The number of aliphatic hydroxyl groups excluding tert-OH is 1. The zero-order chi connectivity index (χ0) is 12.5. The van der Waals surface area contributed by atoms with Crippen molar-refractivity contribution in [3.05, 3.63) is 28.7 Å². The van der Waals surface area contributed by atoms with Crippen LogP contribution in [0.1, 0.15) is 25.7 Å². The van der Waals surface area contributed by atoms with Gasteiger partial charge in [-0.05, 0) is 61.3 Å². The highest BCUT2D eigenvalue weighted by atomic mass is 79.9. The lowest BCUT2D eigenvalue weighted by Gasteiger charge is -2.26. The van der Waals surface area contributed by atoms with Gasteiger partial charge in [-0.3, -0.25) is 0 Å². The number of halogens is 1. The molecule has 4 unspecified atom stereocenters. The summed E-state index contributed by atoms with van der Waals surface area (Å²) in [6.45, 7) is 0. The molecule has 1 aromatic rings. The van der Waals surface area contributed by atoms with Gasteiger partial charge in [0.15, 0.2) is 0 Å². The molecule has 0 amide bonds. The van der Waals surface area contributed by atoms with Gasteiger partial charge in [0, 0.05) is 15.1 Å². The summed E-state index contributed by atoms with van der Waals surface area (Å²) in [5.74, 6) is 3.16. The number of hydrogen-bond donors (Lipinski definition) is 1. The van der Waals surface area contributed by atoms with Crippen LogP contribution < -0.4 is 0 Å². The highest BCUT2D eigenvalue weighted by Crippen LogP contribution is 2.50. The van der Waals surface area contributed by atoms with E-state index in [4.69, 9.17) is 0 Å². The molecule has 3 rings (SSSR count). The quantitative estimate of drug-likeness (QED) is 0.830. The van der Waals surface area contributed by atoms with E-state index in [9.17, 15) is 5.11 Å². The Kier molecular flexibility index (Phi) is 4.02. The molecule has 0 spiro atoms. The first-order valence-corrected chi connectivity index (χ1v) is 8.56. The number of rotatable bonds is 4. The second-order valence-corrected chi connectivity index (χ2v) is 7.68. The van der Waals surface area contributed by atoms with Crippen molar-refractivity contribution < 1.29 is 5.11 Å². The van der Waals surface area contributed by atoms with Crippen LogP contribution in [0.3, 0.4) is 0 Å². The largest absolute Gasteiger partial charge is 0.392 e. The molecule has 1 aromatic carbocycles. The van der Waals surface area contributed by atoms with E-state index in [-0.39, 0.29) is 6.10 Å². The molecule has 0 aromatic heterocycles. The van der Waals surface area contributed by atoms with Gasteiger partial charge in [0.05, 0.1) is 6.10 Å². The summed E-state index contributed by atoms with van der Waals surface area (Å²) >= 11 is 5.22. The van der Waals surface area contributed by atoms with Gasteiger partial charge in [-0.25, -0.2) is 0 Å². The fourth-order valence-electron chi connectivity index (χ4n) is 3.60. The number of aliphatic hydroxyl groups is 1. The van der Waals surface area contributed by atoms with Crippen molar-refractivity contribution in [3.8, 4) is 0 Å². The van der Waals surface area contributed by atoms with Crippen molar-refractivity contribution in [2.24, 2.45) is 17.8 Å². The molecule has 3 heteroatoms. The predicted molar refractivity (Wildman–Crippen MR) is 79.8 cm³/mol. The molecule has 1 nitrogen and oxygen atoms in total. The standard InChI is InChI=1S/C15H19BrOS/c16-12-3-5-13(6-4-12)18-9-15(17)14-8-10-1-2-11(14)7-10/h3-6,10-11,14-15,17H,1-2,7-9H2. The number of thioether (sulfide) groups is 1. The SMILES string of the molecule is OC(CSc1ccc(Br)cc1)C1CC2CCC1C2. The summed E-state index contributed by atoms with van der Waals surface area (Å²) in [5, 5.41) is 10.4. The maximum atomic E-state index is 10.4. The molecule has 0 saturated heterocycles. The van der Waals surface area contributed by atoms with Gasteiger partial charge in [0.25, 0.3) is 0 Å². The van der Waals surface area contributed by atoms with Crippen molar-refractivity contribution >= 4 is 27.7 Å². The van der Waals surface area contributed by atoms with Crippen LogP contribution in [0.5, 0.6) is 0 Å². The van der Waals surface area contributed by atoms with Crippen LogP contribution in [0.25, 0.3) is 0 Å². The van der Waals surface area contributed by atoms with Gasteiger partial charge >= 0.3 is 0 Å². The van der Waals surface area contributed by atoms with Crippen molar-refractivity contribution in [2.75, 3.05) is 5.75 Å². The van der Waals surface area contributed by atoms with Gasteiger partial charge < -0.3 is 5.11 Å². The summed E-state index contributed by atoms with van der Waals surface area (Å²) in [7, 11) is 0. The minimum Gasteiger partial charge on any atom is -0.392 e. The molecule has 1 N–H and O–H groups in total. The third-order valence-electron chi connectivity index (χ3n) is 4.52. The van der Waals surface area contributed by atoms with Gasteiger partial charge in [-0.15, -0.1) is 11.8 Å². The van der Waals surface area contributed by atoms with Crippen LogP contribution in [0, 0.1) is 17.8 Å². The third-order valence-corrected chi connectivity index (χ3v) is 6.16. The Balaban J connectivity index is 1.52. The van der Waals surface area contributed by atoms with Crippen LogP contribution >= 0.6 is 27.7 Å². The van der Waals surface area contributed by atoms with Crippen LogP contribution in [0.15, 0.2) is 33.6 Å². The van der Waals surface area contributed by atoms with Gasteiger partial charge in [-0.1, -0.05) is 22.4 Å². The normalized spacial score (nSPS) is 31.8. The fourth-order valence-corrected chi connectivity index (χ4v) is 4.80. The van der Waals surface area contributed by atoms with Gasteiger partial charge in [0.2, 0.25) is 0 Å².